The van der Waals surface area contributed by atoms with Crippen molar-refractivity contribution in [3.05, 3.63) is 60.7 Å². The van der Waals surface area contributed by atoms with Gasteiger partial charge >= 0.3 is 0 Å². The van der Waals surface area contributed by atoms with Crippen LogP contribution in [0.1, 0.15) is 0 Å². The van der Waals surface area contributed by atoms with Crippen LogP contribution < -0.4 is 23.8 Å². The summed E-state index contributed by atoms with van der Waals surface area (Å²) in [5.74, 6) is 3.49. The Morgan fingerprint density at radius 1 is 0.667 bits per heavy atom. The molecule has 0 aliphatic rings. The van der Waals surface area contributed by atoms with E-state index in [1.165, 1.54) is 0 Å². The first-order valence-corrected chi connectivity index (χ1v) is 10.6. The van der Waals surface area contributed by atoms with Gasteiger partial charge in [0.05, 0.1) is 34.0 Å². The van der Waals surface area contributed by atoms with Gasteiger partial charge in [0.15, 0.2) is 23.0 Å². The van der Waals surface area contributed by atoms with Gasteiger partial charge in [0.1, 0.15) is 5.82 Å². The van der Waals surface area contributed by atoms with Gasteiger partial charge in [0, 0.05) is 36.7 Å². The Labute approximate surface area is 194 Å². The fourth-order valence-electron chi connectivity index (χ4n) is 4.07. The molecule has 0 spiro atoms. The summed E-state index contributed by atoms with van der Waals surface area (Å²) < 4.78 is 22.5. The van der Waals surface area contributed by atoms with Gasteiger partial charge in [0.25, 0.3) is 0 Å². The Kier molecular flexibility index (Phi) is 6.27. The lowest BCUT2D eigenvalue weighted by Gasteiger charge is -2.21. The summed E-state index contributed by atoms with van der Waals surface area (Å²) >= 11 is 0. The van der Waals surface area contributed by atoms with Crippen molar-refractivity contribution in [1.82, 2.24) is 4.98 Å². The monoisotopic (exact) mass is 444 g/mol. The van der Waals surface area contributed by atoms with Crippen molar-refractivity contribution in [2.75, 3.05) is 47.4 Å². The standard InChI is InChI=1S/C27H28N2O4/c1-29(2)27-19(18-12-13-22(30-3)23(14-18)31-4)15-20-21(28-27)16-24(32-5)26(33-6)25(20)17-10-8-7-9-11-17/h7-16H,1-6H3. The van der Waals surface area contributed by atoms with Crippen molar-refractivity contribution in [2.45, 2.75) is 0 Å². The predicted molar refractivity (Wildman–Crippen MR) is 133 cm³/mol. The fraction of sp³-hybridized carbons (Fsp3) is 0.222. The molecule has 1 heterocycles. The van der Waals surface area contributed by atoms with Crippen molar-refractivity contribution in [3.63, 3.8) is 0 Å². The highest BCUT2D eigenvalue weighted by molar-refractivity contribution is 6.03. The number of pyridine rings is 1. The van der Waals surface area contributed by atoms with Gasteiger partial charge in [-0.25, -0.2) is 4.98 Å². The van der Waals surface area contributed by atoms with E-state index in [1.54, 1.807) is 28.4 Å². The summed E-state index contributed by atoms with van der Waals surface area (Å²) in [6, 6.07) is 20.1. The van der Waals surface area contributed by atoms with Crippen LogP contribution in [0.25, 0.3) is 33.2 Å². The summed E-state index contributed by atoms with van der Waals surface area (Å²) in [7, 11) is 10.5. The number of anilines is 1. The molecule has 4 rings (SSSR count). The maximum Gasteiger partial charge on any atom is 0.169 e. The van der Waals surface area contributed by atoms with Crippen molar-refractivity contribution in [1.29, 1.82) is 0 Å². The molecule has 0 aliphatic heterocycles. The molecule has 1 aromatic heterocycles. The van der Waals surface area contributed by atoms with Crippen LogP contribution in [0.3, 0.4) is 0 Å². The predicted octanol–water partition coefficient (Wildman–Crippen LogP) is 5.67. The van der Waals surface area contributed by atoms with Crippen molar-refractivity contribution in [2.24, 2.45) is 0 Å². The molecule has 33 heavy (non-hydrogen) atoms. The van der Waals surface area contributed by atoms with E-state index in [4.69, 9.17) is 23.9 Å². The number of nitrogens with zero attached hydrogens (tertiary/aromatic N) is 2. The lowest BCUT2D eigenvalue weighted by molar-refractivity contribution is 0.355. The average Bonchev–Trinajstić information content (AvgIpc) is 2.86. The zero-order valence-electron chi connectivity index (χ0n) is 19.8. The van der Waals surface area contributed by atoms with Gasteiger partial charge in [-0.05, 0) is 29.3 Å². The van der Waals surface area contributed by atoms with Crippen molar-refractivity contribution < 1.29 is 18.9 Å². The molecule has 170 valence electrons. The number of rotatable bonds is 7. The molecule has 0 unspecified atom stereocenters. The van der Waals surface area contributed by atoms with E-state index in [9.17, 15) is 0 Å². The second-order valence-corrected chi connectivity index (χ2v) is 7.74. The zero-order valence-corrected chi connectivity index (χ0v) is 19.8. The van der Waals surface area contributed by atoms with E-state index >= 15 is 0 Å². The molecule has 0 N–H and O–H groups in total. The highest BCUT2D eigenvalue weighted by Crippen LogP contribution is 2.46. The highest BCUT2D eigenvalue weighted by Gasteiger charge is 2.21. The van der Waals surface area contributed by atoms with E-state index in [0.717, 1.165) is 39.0 Å². The maximum absolute atomic E-state index is 5.82. The van der Waals surface area contributed by atoms with Crippen LogP contribution in [0, 0.1) is 0 Å². The van der Waals surface area contributed by atoms with Gasteiger partial charge in [-0.2, -0.15) is 0 Å². The first kappa shape index (κ1) is 22.3. The second-order valence-electron chi connectivity index (χ2n) is 7.74. The lowest BCUT2D eigenvalue weighted by atomic mass is 9.95. The van der Waals surface area contributed by atoms with Crippen LogP contribution in [-0.2, 0) is 0 Å². The molecule has 6 nitrogen and oxygen atoms in total. The Hall–Kier alpha value is -3.93. The topological polar surface area (TPSA) is 53.0 Å². The SMILES string of the molecule is COc1ccc(-c2cc3c(-c4ccccc4)c(OC)c(OC)cc3nc2N(C)C)cc1OC. The second kappa shape index (κ2) is 9.28. The smallest absolute Gasteiger partial charge is 0.169 e. The summed E-state index contributed by atoms with van der Waals surface area (Å²) in [5, 5.41) is 0.967. The number of hydrogen-bond acceptors (Lipinski definition) is 6. The molecule has 0 fully saturated rings. The van der Waals surface area contributed by atoms with Gasteiger partial charge in [-0.1, -0.05) is 36.4 Å². The van der Waals surface area contributed by atoms with E-state index in [-0.39, 0.29) is 0 Å². The highest BCUT2D eigenvalue weighted by atomic mass is 16.5. The van der Waals surface area contributed by atoms with Crippen LogP contribution in [-0.4, -0.2) is 47.5 Å². The van der Waals surface area contributed by atoms with Crippen LogP contribution in [0.5, 0.6) is 23.0 Å². The third kappa shape index (κ3) is 4.00. The molecule has 0 aliphatic carbocycles. The van der Waals surface area contributed by atoms with Gasteiger partial charge < -0.3 is 23.8 Å². The number of aromatic nitrogens is 1. The Morgan fingerprint density at radius 3 is 1.97 bits per heavy atom. The molecule has 0 radical (unpaired) electrons. The number of hydrogen-bond donors (Lipinski definition) is 0. The van der Waals surface area contributed by atoms with Crippen LogP contribution in [0.4, 0.5) is 5.82 Å². The third-order valence-corrected chi connectivity index (χ3v) is 5.62. The number of benzene rings is 3. The van der Waals surface area contributed by atoms with E-state index in [1.807, 2.05) is 61.5 Å². The molecule has 0 bridgehead atoms. The number of methoxy groups -OCH3 is 4. The summed E-state index contributed by atoms with van der Waals surface area (Å²) in [5.41, 5.74) is 4.72. The minimum absolute atomic E-state index is 0.639. The lowest BCUT2D eigenvalue weighted by Crippen LogP contribution is -2.12. The van der Waals surface area contributed by atoms with Gasteiger partial charge in [0.2, 0.25) is 0 Å². The molecule has 0 amide bonds. The Balaban J connectivity index is 2.09. The van der Waals surface area contributed by atoms with E-state index in [2.05, 4.69) is 18.2 Å². The molecule has 0 atom stereocenters. The molecular weight excluding hydrogens is 416 g/mol. The largest absolute Gasteiger partial charge is 0.493 e. The minimum Gasteiger partial charge on any atom is -0.493 e. The van der Waals surface area contributed by atoms with Crippen molar-refractivity contribution >= 4 is 16.7 Å². The quantitative estimate of drug-likeness (QED) is 0.366. The fourth-order valence-corrected chi connectivity index (χ4v) is 4.07. The first-order chi connectivity index (χ1) is 16.0. The molecule has 0 saturated carbocycles. The third-order valence-electron chi connectivity index (χ3n) is 5.62. The molecular formula is C27H28N2O4. The van der Waals surface area contributed by atoms with Crippen LogP contribution in [0.15, 0.2) is 60.7 Å². The Morgan fingerprint density at radius 2 is 1.36 bits per heavy atom. The van der Waals surface area contributed by atoms with Gasteiger partial charge in [-0.15, -0.1) is 0 Å². The minimum atomic E-state index is 0.639. The van der Waals surface area contributed by atoms with Gasteiger partial charge in [-0.3, -0.25) is 0 Å². The average molecular weight is 445 g/mol. The molecule has 4 aromatic rings. The summed E-state index contributed by atoms with van der Waals surface area (Å²) in [4.78, 5) is 7.04. The van der Waals surface area contributed by atoms with Crippen molar-refractivity contribution in [3.8, 4) is 45.3 Å². The zero-order chi connectivity index (χ0) is 23.5. The first-order valence-electron chi connectivity index (χ1n) is 10.6. The summed E-state index contributed by atoms with van der Waals surface area (Å²) in [6.45, 7) is 0. The number of fused-ring (bicyclic) bond motifs is 1. The molecule has 6 heteroatoms. The Bertz CT molecular complexity index is 1290. The van der Waals surface area contributed by atoms with Crippen LogP contribution >= 0.6 is 0 Å². The molecule has 0 saturated heterocycles. The molecule has 3 aromatic carbocycles. The maximum atomic E-state index is 5.82. The van der Waals surface area contributed by atoms with E-state index in [0.29, 0.717) is 23.0 Å². The van der Waals surface area contributed by atoms with E-state index < -0.39 is 0 Å². The summed E-state index contributed by atoms with van der Waals surface area (Å²) in [6.07, 6.45) is 0. The normalized spacial score (nSPS) is 10.7. The number of ether oxygens (including phenoxy) is 4. The van der Waals surface area contributed by atoms with Crippen LogP contribution in [0.2, 0.25) is 0 Å².